The van der Waals surface area contributed by atoms with E-state index in [1.807, 2.05) is 30.1 Å². The van der Waals surface area contributed by atoms with Crippen LogP contribution in [0.2, 0.25) is 0 Å². The third-order valence-corrected chi connectivity index (χ3v) is 5.36. The number of carbonyl (C=O) groups is 1. The zero-order chi connectivity index (χ0) is 17.2. The molecule has 5 heteroatoms. The van der Waals surface area contributed by atoms with E-state index in [4.69, 9.17) is 10.8 Å². The van der Waals surface area contributed by atoms with Crippen molar-refractivity contribution in [1.82, 2.24) is 5.01 Å². The fourth-order valence-corrected chi connectivity index (χ4v) is 3.95. The average molecular weight is 339 g/mol. The molecule has 0 saturated heterocycles. The van der Waals surface area contributed by atoms with Crippen LogP contribution in [0.1, 0.15) is 30.0 Å². The Kier molecular flexibility index (Phi) is 4.62. The molecule has 0 aromatic heterocycles. The molecule has 0 saturated carbocycles. The summed E-state index contributed by atoms with van der Waals surface area (Å²) in [4.78, 5) is 11.1. The summed E-state index contributed by atoms with van der Waals surface area (Å²) in [6.45, 7) is 4.73. The van der Waals surface area contributed by atoms with Crippen molar-refractivity contribution in [3.8, 4) is 0 Å². The molecule has 4 nitrogen and oxygen atoms in total. The summed E-state index contributed by atoms with van der Waals surface area (Å²) in [7, 11) is 0. The van der Waals surface area contributed by atoms with Gasteiger partial charge in [0.15, 0.2) is 0 Å². The second kappa shape index (κ2) is 6.69. The highest BCUT2D eigenvalue weighted by Gasteiger charge is 2.41. The Labute approximate surface area is 146 Å². The van der Waals surface area contributed by atoms with Crippen LogP contribution in [0, 0.1) is 6.92 Å². The number of aryl methyl sites for hydroxylation is 1. The van der Waals surface area contributed by atoms with E-state index in [1.54, 1.807) is 11.8 Å². The number of amides is 1. The van der Waals surface area contributed by atoms with Gasteiger partial charge in [0, 0.05) is 5.56 Å². The van der Waals surface area contributed by atoms with Crippen LogP contribution in [0.3, 0.4) is 0 Å². The molecule has 3 rings (SSSR count). The fourth-order valence-electron chi connectivity index (χ4n) is 2.72. The van der Waals surface area contributed by atoms with Crippen molar-refractivity contribution in [2.24, 2.45) is 10.8 Å². The fraction of sp³-hybridized carbons (Fsp3) is 0.263. The molecule has 2 N–H and O–H groups in total. The molecule has 0 bridgehead atoms. The Morgan fingerprint density at radius 1 is 1.17 bits per heavy atom. The molecule has 2 aromatic rings. The predicted octanol–water partition coefficient (Wildman–Crippen LogP) is 3.50. The first-order valence-electron chi connectivity index (χ1n) is 7.91. The molecule has 0 aliphatic carbocycles. The number of hydrogen-bond donors (Lipinski definition) is 1. The van der Waals surface area contributed by atoms with E-state index < -0.39 is 4.87 Å². The molecule has 1 amide bonds. The highest BCUT2D eigenvalue weighted by atomic mass is 32.2. The van der Waals surface area contributed by atoms with E-state index in [1.165, 1.54) is 5.56 Å². The van der Waals surface area contributed by atoms with Gasteiger partial charge in [-0.05, 0) is 19.4 Å². The summed E-state index contributed by atoms with van der Waals surface area (Å²) in [5.74, 6) is -0.316. The lowest BCUT2D eigenvalue weighted by Crippen LogP contribution is -2.40. The first-order valence-corrected chi connectivity index (χ1v) is 8.72. The number of hydrazone groups is 1. The number of nitrogens with zero attached hydrogens (tertiary/aromatic N) is 2. The second-order valence-electron chi connectivity index (χ2n) is 6.23. The molecule has 1 heterocycles. The molecule has 0 spiro atoms. The maximum Gasteiger partial charge on any atom is 0.220 e. The minimum absolute atomic E-state index is 0.253. The molecule has 1 unspecified atom stereocenters. The van der Waals surface area contributed by atoms with E-state index in [2.05, 4.69) is 43.3 Å². The van der Waals surface area contributed by atoms with Crippen LogP contribution >= 0.6 is 11.8 Å². The van der Waals surface area contributed by atoms with Crippen LogP contribution in [-0.2, 0) is 11.3 Å². The standard InChI is InChI=1S/C19H21N3OS/c1-14-8-10-16(11-9-14)18-21-22(13-15-6-4-3-5-7-15)19(2,24-18)12-17(20)23/h3-11H,12-13H2,1-2H3,(H2,20,23). The zero-order valence-corrected chi connectivity index (χ0v) is 14.7. The van der Waals surface area contributed by atoms with Crippen molar-refractivity contribution >= 4 is 22.7 Å². The number of carbonyl (C=O) groups excluding carboxylic acids is 1. The van der Waals surface area contributed by atoms with Crippen molar-refractivity contribution in [3.63, 3.8) is 0 Å². The van der Waals surface area contributed by atoms with Gasteiger partial charge < -0.3 is 5.73 Å². The van der Waals surface area contributed by atoms with Crippen LogP contribution in [0.4, 0.5) is 0 Å². The third-order valence-electron chi connectivity index (χ3n) is 4.05. The Morgan fingerprint density at radius 2 is 1.83 bits per heavy atom. The molecule has 1 aliphatic heterocycles. The number of nitrogens with two attached hydrogens (primary N) is 1. The van der Waals surface area contributed by atoms with Gasteiger partial charge in [0.2, 0.25) is 5.91 Å². The largest absolute Gasteiger partial charge is 0.370 e. The molecule has 0 radical (unpaired) electrons. The van der Waals surface area contributed by atoms with E-state index in [0.717, 1.165) is 16.2 Å². The Hall–Kier alpha value is -2.27. The minimum Gasteiger partial charge on any atom is -0.370 e. The van der Waals surface area contributed by atoms with Gasteiger partial charge in [0.05, 0.1) is 13.0 Å². The summed E-state index contributed by atoms with van der Waals surface area (Å²) >= 11 is 1.60. The summed E-state index contributed by atoms with van der Waals surface area (Å²) in [6, 6.07) is 18.4. The highest BCUT2D eigenvalue weighted by molar-refractivity contribution is 8.15. The minimum atomic E-state index is -0.470. The van der Waals surface area contributed by atoms with Gasteiger partial charge in [-0.15, -0.1) is 0 Å². The van der Waals surface area contributed by atoms with E-state index >= 15 is 0 Å². The van der Waals surface area contributed by atoms with Crippen molar-refractivity contribution in [1.29, 1.82) is 0 Å². The van der Waals surface area contributed by atoms with E-state index in [0.29, 0.717) is 6.54 Å². The lowest BCUT2D eigenvalue weighted by atomic mass is 10.1. The van der Waals surface area contributed by atoms with Crippen molar-refractivity contribution in [3.05, 3.63) is 71.3 Å². The number of thioether (sulfide) groups is 1. The molecule has 1 atom stereocenters. The molecule has 124 valence electrons. The summed E-state index contributed by atoms with van der Waals surface area (Å²) in [5.41, 5.74) is 8.92. The first-order chi connectivity index (χ1) is 11.5. The van der Waals surface area contributed by atoms with Gasteiger partial charge in [-0.2, -0.15) is 5.10 Å². The molecular weight excluding hydrogens is 318 g/mol. The van der Waals surface area contributed by atoms with E-state index in [9.17, 15) is 4.79 Å². The number of hydrogen-bond acceptors (Lipinski definition) is 4. The molecular formula is C19H21N3OS. The van der Waals surface area contributed by atoms with Gasteiger partial charge in [-0.3, -0.25) is 9.80 Å². The topological polar surface area (TPSA) is 58.7 Å². The molecule has 2 aromatic carbocycles. The van der Waals surface area contributed by atoms with Crippen molar-refractivity contribution in [2.45, 2.75) is 31.7 Å². The van der Waals surface area contributed by atoms with Crippen molar-refractivity contribution in [2.75, 3.05) is 0 Å². The lowest BCUT2D eigenvalue weighted by Gasteiger charge is -2.32. The summed E-state index contributed by atoms with van der Waals surface area (Å²) < 4.78 is 0. The second-order valence-corrected chi connectivity index (χ2v) is 7.70. The molecule has 0 fully saturated rings. The van der Waals surface area contributed by atoms with Crippen LogP contribution in [-0.4, -0.2) is 20.8 Å². The maximum absolute atomic E-state index is 11.6. The number of benzene rings is 2. The van der Waals surface area contributed by atoms with E-state index in [-0.39, 0.29) is 12.3 Å². The number of primary amides is 1. The Balaban J connectivity index is 1.90. The van der Waals surface area contributed by atoms with Gasteiger partial charge in [-0.25, -0.2) is 0 Å². The molecule has 1 aliphatic rings. The van der Waals surface area contributed by atoms with Gasteiger partial charge in [-0.1, -0.05) is 71.9 Å². The Bertz CT molecular complexity index is 758. The third kappa shape index (κ3) is 3.62. The van der Waals surface area contributed by atoms with Gasteiger partial charge in [0.1, 0.15) is 9.91 Å². The number of rotatable bonds is 5. The van der Waals surface area contributed by atoms with Crippen LogP contribution in [0.25, 0.3) is 0 Å². The van der Waals surface area contributed by atoms with Crippen LogP contribution in [0.15, 0.2) is 59.7 Å². The first kappa shape index (κ1) is 16.6. The smallest absolute Gasteiger partial charge is 0.220 e. The zero-order valence-electron chi connectivity index (χ0n) is 13.9. The van der Waals surface area contributed by atoms with Crippen molar-refractivity contribution < 1.29 is 4.79 Å². The lowest BCUT2D eigenvalue weighted by molar-refractivity contribution is -0.119. The SMILES string of the molecule is Cc1ccc(C2=NN(Cc3ccccc3)C(C)(CC(N)=O)S2)cc1. The normalized spacial score (nSPS) is 20.1. The van der Waals surface area contributed by atoms with Crippen LogP contribution < -0.4 is 5.73 Å². The monoisotopic (exact) mass is 339 g/mol. The summed E-state index contributed by atoms with van der Waals surface area (Å²) in [6.07, 6.45) is 0.253. The highest BCUT2D eigenvalue weighted by Crippen LogP contribution is 2.42. The average Bonchev–Trinajstić information content (AvgIpc) is 2.85. The summed E-state index contributed by atoms with van der Waals surface area (Å²) in [5, 5.41) is 7.70. The van der Waals surface area contributed by atoms with Gasteiger partial charge >= 0.3 is 0 Å². The predicted molar refractivity (Wildman–Crippen MR) is 99.5 cm³/mol. The Morgan fingerprint density at radius 3 is 2.46 bits per heavy atom. The molecule has 24 heavy (non-hydrogen) atoms. The van der Waals surface area contributed by atoms with Crippen LogP contribution in [0.5, 0.6) is 0 Å². The maximum atomic E-state index is 11.6. The quantitative estimate of drug-likeness (QED) is 0.907. The van der Waals surface area contributed by atoms with Gasteiger partial charge in [0.25, 0.3) is 0 Å².